The molecule has 9 heteroatoms. The van der Waals surface area contributed by atoms with E-state index >= 15 is 0 Å². The third kappa shape index (κ3) is 5.36. The molecule has 4 aromatic rings. The van der Waals surface area contributed by atoms with E-state index in [1.54, 1.807) is 6.33 Å². The molecule has 0 bridgehead atoms. The van der Waals surface area contributed by atoms with Gasteiger partial charge in [0.1, 0.15) is 11.3 Å². The van der Waals surface area contributed by atoms with Crippen LogP contribution in [0.4, 0.5) is 0 Å². The number of piperazine rings is 1. The van der Waals surface area contributed by atoms with Crippen molar-refractivity contribution < 1.29 is 19.1 Å². The SMILES string of the molecule is Cc1nc2ccc(OCC[C@@H]3CNCCN3C(=O)c3ncn(C4CCCCC4(C)O)c3-c3ccccc3)c(C)c2o1. The topological polar surface area (TPSA) is 106 Å². The van der Waals surface area contributed by atoms with Gasteiger partial charge in [0.15, 0.2) is 17.2 Å². The summed E-state index contributed by atoms with van der Waals surface area (Å²) in [6, 6.07) is 13.6. The van der Waals surface area contributed by atoms with Crippen LogP contribution in [-0.2, 0) is 0 Å². The van der Waals surface area contributed by atoms with Crippen LogP contribution in [0.5, 0.6) is 5.75 Å². The van der Waals surface area contributed by atoms with Crippen molar-refractivity contribution in [3.05, 3.63) is 65.9 Å². The third-order valence-electron chi connectivity index (χ3n) is 8.69. The van der Waals surface area contributed by atoms with Crippen LogP contribution >= 0.6 is 0 Å². The molecular formula is C32H39N5O4. The fourth-order valence-corrected chi connectivity index (χ4v) is 6.47. The first kappa shape index (κ1) is 27.5. The standard InChI is InChI=1S/C32H39N5O4/c1-21-26(13-12-25-30(21)41-22(2)35-25)40-18-14-24-19-33-16-17-36(24)31(38)28-29(23-9-5-4-6-10-23)37(20-34-28)27-11-7-8-15-32(27,3)39/h4-6,9-10,12-13,20,24,27,33,39H,7-8,11,14-19H2,1-3H3/t24-,27?,32?/m1/s1. The van der Waals surface area contributed by atoms with Gasteiger partial charge in [-0.05, 0) is 38.8 Å². The van der Waals surface area contributed by atoms with E-state index in [0.29, 0.717) is 37.7 Å². The molecule has 2 N–H and O–H groups in total. The van der Waals surface area contributed by atoms with Crippen LogP contribution < -0.4 is 10.1 Å². The Kier molecular flexibility index (Phi) is 7.57. The van der Waals surface area contributed by atoms with E-state index < -0.39 is 5.60 Å². The zero-order chi connectivity index (χ0) is 28.6. The summed E-state index contributed by atoms with van der Waals surface area (Å²) in [6.45, 7) is 8.18. The molecule has 1 amide bonds. The maximum Gasteiger partial charge on any atom is 0.275 e. The minimum absolute atomic E-state index is 0.0422. The van der Waals surface area contributed by atoms with Crippen molar-refractivity contribution in [2.75, 3.05) is 26.2 Å². The van der Waals surface area contributed by atoms with Gasteiger partial charge in [0.25, 0.3) is 5.91 Å². The van der Waals surface area contributed by atoms with Crippen molar-refractivity contribution in [3.63, 3.8) is 0 Å². The lowest BCUT2D eigenvalue weighted by atomic mass is 9.81. The number of aryl methyl sites for hydroxylation is 2. The molecule has 6 rings (SSSR count). The zero-order valence-corrected chi connectivity index (χ0v) is 24.1. The van der Waals surface area contributed by atoms with Crippen molar-refractivity contribution >= 4 is 17.0 Å². The molecule has 9 nitrogen and oxygen atoms in total. The summed E-state index contributed by atoms with van der Waals surface area (Å²) in [5.74, 6) is 1.31. The van der Waals surface area contributed by atoms with Crippen LogP contribution in [0.25, 0.3) is 22.4 Å². The van der Waals surface area contributed by atoms with Crippen LogP contribution in [0, 0.1) is 13.8 Å². The van der Waals surface area contributed by atoms with Gasteiger partial charge in [-0.1, -0.05) is 43.2 Å². The molecule has 0 radical (unpaired) electrons. The predicted molar refractivity (Wildman–Crippen MR) is 157 cm³/mol. The Labute approximate surface area is 240 Å². The molecule has 2 unspecified atom stereocenters. The van der Waals surface area contributed by atoms with Crippen LogP contribution in [-0.4, -0.2) is 68.3 Å². The van der Waals surface area contributed by atoms with E-state index in [1.165, 1.54) is 0 Å². The summed E-state index contributed by atoms with van der Waals surface area (Å²) >= 11 is 0. The second-order valence-corrected chi connectivity index (χ2v) is 11.6. The number of oxazole rings is 1. The quantitative estimate of drug-likeness (QED) is 0.327. The average molecular weight is 558 g/mol. The molecular weight excluding hydrogens is 518 g/mol. The Morgan fingerprint density at radius 2 is 2.02 bits per heavy atom. The predicted octanol–water partition coefficient (Wildman–Crippen LogP) is 5.06. The summed E-state index contributed by atoms with van der Waals surface area (Å²) in [5.41, 5.74) is 3.78. The number of imidazole rings is 1. The molecule has 1 aliphatic carbocycles. The monoisotopic (exact) mass is 557 g/mol. The smallest absolute Gasteiger partial charge is 0.275 e. The van der Waals surface area contributed by atoms with Crippen LogP contribution in [0.1, 0.15) is 67.0 Å². The van der Waals surface area contributed by atoms with E-state index in [4.69, 9.17) is 14.1 Å². The first-order valence-electron chi connectivity index (χ1n) is 14.7. The second kappa shape index (κ2) is 11.3. The summed E-state index contributed by atoms with van der Waals surface area (Å²) in [7, 11) is 0. The Hall–Kier alpha value is -3.69. The lowest BCUT2D eigenvalue weighted by Crippen LogP contribution is -2.54. The molecule has 2 aromatic heterocycles. The molecule has 2 aliphatic rings. The highest BCUT2D eigenvalue weighted by atomic mass is 16.5. The number of hydrogen-bond donors (Lipinski definition) is 2. The first-order valence-corrected chi connectivity index (χ1v) is 14.7. The number of fused-ring (bicyclic) bond motifs is 1. The number of carbonyl (C=O) groups is 1. The van der Waals surface area contributed by atoms with E-state index in [1.807, 2.05) is 72.7 Å². The van der Waals surface area contributed by atoms with Gasteiger partial charge in [0, 0.05) is 50.1 Å². The van der Waals surface area contributed by atoms with Gasteiger partial charge in [-0.3, -0.25) is 4.79 Å². The van der Waals surface area contributed by atoms with Crippen molar-refractivity contribution in [2.24, 2.45) is 0 Å². The Bertz CT molecular complexity index is 1530. The van der Waals surface area contributed by atoms with E-state index in [0.717, 1.165) is 65.9 Å². The highest BCUT2D eigenvalue weighted by Crippen LogP contribution is 2.40. The summed E-state index contributed by atoms with van der Waals surface area (Å²) < 4.78 is 14.0. The summed E-state index contributed by atoms with van der Waals surface area (Å²) in [6.07, 6.45) is 6.05. The summed E-state index contributed by atoms with van der Waals surface area (Å²) in [5, 5.41) is 14.7. The fraction of sp³-hybridized carbons (Fsp3) is 0.469. The van der Waals surface area contributed by atoms with Gasteiger partial charge in [-0.2, -0.15) is 0 Å². The lowest BCUT2D eigenvalue weighted by molar-refractivity contribution is -0.0243. The minimum atomic E-state index is -0.858. The fourth-order valence-electron chi connectivity index (χ4n) is 6.47. The minimum Gasteiger partial charge on any atom is -0.493 e. The van der Waals surface area contributed by atoms with Crippen LogP contribution in [0.2, 0.25) is 0 Å². The number of aromatic nitrogens is 3. The number of rotatable bonds is 7. The number of benzene rings is 2. The van der Waals surface area contributed by atoms with E-state index in [2.05, 4.69) is 10.3 Å². The zero-order valence-electron chi connectivity index (χ0n) is 24.1. The molecule has 216 valence electrons. The normalized spacial score (nSPS) is 23.2. The maximum atomic E-state index is 14.2. The number of amides is 1. The molecule has 0 spiro atoms. The maximum absolute atomic E-state index is 14.2. The molecule has 41 heavy (non-hydrogen) atoms. The molecule has 2 aromatic carbocycles. The summed E-state index contributed by atoms with van der Waals surface area (Å²) in [4.78, 5) is 25.2. The van der Waals surface area contributed by atoms with Crippen molar-refractivity contribution in [1.29, 1.82) is 0 Å². The highest BCUT2D eigenvalue weighted by molar-refractivity contribution is 5.98. The molecule has 3 heterocycles. The highest BCUT2D eigenvalue weighted by Gasteiger charge is 2.39. The molecule has 1 saturated carbocycles. The average Bonchev–Trinajstić information content (AvgIpc) is 3.58. The number of nitrogens with zero attached hydrogens (tertiary/aromatic N) is 4. The molecule has 1 aliphatic heterocycles. The number of hydrogen-bond acceptors (Lipinski definition) is 7. The Morgan fingerprint density at radius 3 is 2.83 bits per heavy atom. The van der Waals surface area contributed by atoms with E-state index in [-0.39, 0.29) is 18.0 Å². The number of nitrogens with one attached hydrogen (secondary N) is 1. The molecule has 3 atom stereocenters. The number of ether oxygens (including phenoxy) is 1. The second-order valence-electron chi connectivity index (χ2n) is 11.6. The Morgan fingerprint density at radius 1 is 1.20 bits per heavy atom. The Balaban J connectivity index is 1.24. The third-order valence-corrected chi connectivity index (χ3v) is 8.69. The van der Waals surface area contributed by atoms with Gasteiger partial charge in [0.2, 0.25) is 0 Å². The van der Waals surface area contributed by atoms with E-state index in [9.17, 15) is 9.90 Å². The van der Waals surface area contributed by atoms with Gasteiger partial charge >= 0.3 is 0 Å². The largest absolute Gasteiger partial charge is 0.493 e. The van der Waals surface area contributed by atoms with Gasteiger partial charge in [-0.25, -0.2) is 9.97 Å². The van der Waals surface area contributed by atoms with Crippen molar-refractivity contribution in [1.82, 2.24) is 24.8 Å². The number of aliphatic hydroxyl groups is 1. The molecule has 1 saturated heterocycles. The van der Waals surface area contributed by atoms with Crippen LogP contribution in [0.15, 0.2) is 53.2 Å². The van der Waals surface area contributed by atoms with Crippen molar-refractivity contribution in [3.8, 4) is 17.0 Å². The van der Waals surface area contributed by atoms with Crippen LogP contribution in [0.3, 0.4) is 0 Å². The van der Waals surface area contributed by atoms with Gasteiger partial charge in [0.05, 0.1) is 30.3 Å². The number of carbonyl (C=O) groups excluding carboxylic acids is 1. The first-order chi connectivity index (χ1) is 19.8. The lowest BCUT2D eigenvalue weighted by Gasteiger charge is -2.39. The van der Waals surface area contributed by atoms with Gasteiger partial charge < -0.3 is 29.0 Å². The molecule has 2 fully saturated rings. The van der Waals surface area contributed by atoms with Crippen molar-refractivity contribution in [2.45, 2.75) is 70.6 Å². The van der Waals surface area contributed by atoms with Gasteiger partial charge in [-0.15, -0.1) is 0 Å².